The molecule has 3 aromatic carbocycles. The second kappa shape index (κ2) is 7.89. The van der Waals surface area contributed by atoms with E-state index >= 15 is 0 Å². The molecule has 0 aromatic heterocycles. The van der Waals surface area contributed by atoms with Crippen molar-refractivity contribution in [1.29, 1.82) is 0 Å². The van der Waals surface area contributed by atoms with Gasteiger partial charge in [0.2, 0.25) is 0 Å². The van der Waals surface area contributed by atoms with Crippen molar-refractivity contribution >= 4 is 16.6 Å². The number of ketones is 1. The van der Waals surface area contributed by atoms with E-state index in [4.69, 9.17) is 0 Å². The molecule has 0 atom stereocenters. The van der Waals surface area contributed by atoms with Gasteiger partial charge in [-0.05, 0) is 28.9 Å². The highest BCUT2D eigenvalue weighted by molar-refractivity contribution is 6.00. The molecule has 2 nitrogen and oxygen atoms in total. The maximum atomic E-state index is 12.5. The van der Waals surface area contributed by atoms with Crippen LogP contribution in [0.1, 0.15) is 29.3 Å². The van der Waals surface area contributed by atoms with E-state index in [0.717, 1.165) is 30.6 Å². The monoisotopic (exact) mass is 317 g/mol. The summed E-state index contributed by atoms with van der Waals surface area (Å²) in [5.74, 6) is 0.215. The summed E-state index contributed by atoms with van der Waals surface area (Å²) in [7, 11) is 0. The van der Waals surface area contributed by atoms with Crippen LogP contribution in [0.3, 0.4) is 0 Å². The van der Waals surface area contributed by atoms with Crippen LogP contribution >= 0.6 is 0 Å². The Kier molecular flexibility index (Phi) is 5.39. The van der Waals surface area contributed by atoms with E-state index in [2.05, 4.69) is 48.2 Å². The third kappa shape index (κ3) is 4.09. The molecule has 3 rings (SSSR count). The summed E-state index contributed by atoms with van der Waals surface area (Å²) < 4.78 is 0. The molecule has 0 saturated carbocycles. The van der Waals surface area contributed by atoms with Crippen LogP contribution in [0.25, 0.3) is 10.8 Å². The van der Waals surface area contributed by atoms with Gasteiger partial charge in [-0.15, -0.1) is 0 Å². The summed E-state index contributed by atoms with van der Waals surface area (Å²) in [6, 6.07) is 24.6. The third-order valence-corrected chi connectivity index (χ3v) is 4.42. The fourth-order valence-corrected chi connectivity index (χ4v) is 2.96. The molecule has 0 saturated heterocycles. The first-order chi connectivity index (χ1) is 11.8. The zero-order valence-corrected chi connectivity index (χ0v) is 14.1. The second-order valence-electron chi connectivity index (χ2n) is 6.09. The first-order valence-electron chi connectivity index (χ1n) is 8.54. The molecule has 0 amide bonds. The Balaban J connectivity index is 1.62. The zero-order chi connectivity index (χ0) is 16.8. The van der Waals surface area contributed by atoms with Gasteiger partial charge in [0, 0.05) is 25.1 Å². The number of carbonyl (C=O) groups is 1. The van der Waals surface area contributed by atoms with Gasteiger partial charge in [0.25, 0.3) is 0 Å². The third-order valence-electron chi connectivity index (χ3n) is 4.42. The molecule has 0 N–H and O–H groups in total. The minimum Gasteiger partial charge on any atom is -0.299 e. The molecule has 0 unspecified atom stereocenters. The van der Waals surface area contributed by atoms with Gasteiger partial charge in [-0.1, -0.05) is 73.7 Å². The Bertz CT molecular complexity index is 810. The molecule has 122 valence electrons. The average Bonchev–Trinajstić information content (AvgIpc) is 2.65. The molecule has 0 aliphatic rings. The van der Waals surface area contributed by atoms with Crippen molar-refractivity contribution in [1.82, 2.24) is 4.90 Å². The van der Waals surface area contributed by atoms with E-state index in [9.17, 15) is 4.79 Å². The number of rotatable bonds is 7. The van der Waals surface area contributed by atoms with Crippen molar-refractivity contribution in [2.24, 2.45) is 0 Å². The lowest BCUT2D eigenvalue weighted by Gasteiger charge is -2.20. The van der Waals surface area contributed by atoms with Crippen LogP contribution in [0, 0.1) is 0 Å². The normalized spacial score (nSPS) is 11.1. The quantitative estimate of drug-likeness (QED) is 0.576. The lowest BCUT2D eigenvalue weighted by atomic mass is 10.0. The van der Waals surface area contributed by atoms with Crippen molar-refractivity contribution in [2.75, 3.05) is 13.1 Å². The summed E-state index contributed by atoms with van der Waals surface area (Å²) in [6.07, 6.45) is 0.555. The molecule has 0 aliphatic heterocycles. The van der Waals surface area contributed by atoms with Gasteiger partial charge in [0.05, 0.1) is 0 Å². The van der Waals surface area contributed by atoms with Crippen molar-refractivity contribution in [3.8, 4) is 0 Å². The minimum atomic E-state index is 0.215. The average molecular weight is 317 g/mol. The first-order valence-corrected chi connectivity index (χ1v) is 8.54. The number of Topliss-reactive ketones (excluding diaryl/α,β-unsaturated/α-hetero) is 1. The molecular weight excluding hydrogens is 294 g/mol. The van der Waals surface area contributed by atoms with Gasteiger partial charge >= 0.3 is 0 Å². The maximum Gasteiger partial charge on any atom is 0.164 e. The van der Waals surface area contributed by atoms with Crippen LogP contribution in [-0.2, 0) is 6.54 Å². The lowest BCUT2D eigenvalue weighted by Crippen LogP contribution is -2.25. The van der Waals surface area contributed by atoms with Crippen molar-refractivity contribution in [3.63, 3.8) is 0 Å². The van der Waals surface area contributed by atoms with Crippen LogP contribution in [-0.4, -0.2) is 23.8 Å². The van der Waals surface area contributed by atoms with Gasteiger partial charge in [0.1, 0.15) is 0 Å². The van der Waals surface area contributed by atoms with E-state index in [1.54, 1.807) is 0 Å². The minimum absolute atomic E-state index is 0.215. The van der Waals surface area contributed by atoms with E-state index in [-0.39, 0.29) is 5.78 Å². The summed E-state index contributed by atoms with van der Waals surface area (Å²) in [5.41, 5.74) is 2.10. The zero-order valence-electron chi connectivity index (χ0n) is 14.1. The smallest absolute Gasteiger partial charge is 0.164 e. The number of carbonyl (C=O) groups excluding carboxylic acids is 1. The van der Waals surface area contributed by atoms with Crippen molar-refractivity contribution in [3.05, 3.63) is 83.9 Å². The van der Waals surface area contributed by atoms with E-state index in [0.29, 0.717) is 6.42 Å². The fraction of sp³-hybridized carbons (Fsp3) is 0.227. The summed E-state index contributed by atoms with van der Waals surface area (Å²) in [5, 5.41) is 2.30. The van der Waals surface area contributed by atoms with E-state index < -0.39 is 0 Å². The van der Waals surface area contributed by atoms with Gasteiger partial charge in [-0.3, -0.25) is 9.69 Å². The Morgan fingerprint density at radius 3 is 2.33 bits per heavy atom. The molecule has 0 bridgehead atoms. The van der Waals surface area contributed by atoms with Gasteiger partial charge < -0.3 is 0 Å². The number of hydrogen-bond donors (Lipinski definition) is 0. The molecule has 3 aromatic rings. The predicted octanol–water partition coefficient (Wildman–Crippen LogP) is 4.93. The molecule has 24 heavy (non-hydrogen) atoms. The van der Waals surface area contributed by atoms with Gasteiger partial charge in [-0.2, -0.15) is 0 Å². The number of nitrogens with zero attached hydrogens (tertiary/aromatic N) is 1. The number of benzene rings is 3. The maximum absolute atomic E-state index is 12.5. The van der Waals surface area contributed by atoms with Crippen LogP contribution in [0.15, 0.2) is 72.8 Å². The van der Waals surface area contributed by atoms with Crippen molar-refractivity contribution < 1.29 is 4.79 Å². The molecular formula is C22H23NO. The second-order valence-corrected chi connectivity index (χ2v) is 6.09. The fourth-order valence-electron chi connectivity index (χ4n) is 2.96. The standard InChI is InChI=1S/C22H23NO/c1-2-23(17-18-8-4-3-5-9-18)15-14-22(24)21-13-12-19-10-6-7-11-20(19)16-21/h3-13,16H,2,14-15,17H2,1H3. The Morgan fingerprint density at radius 1 is 0.875 bits per heavy atom. The predicted molar refractivity (Wildman–Crippen MR) is 100 cm³/mol. The SMILES string of the molecule is CCN(CCC(=O)c1ccc2ccccc2c1)Cc1ccccc1. The van der Waals surface area contributed by atoms with Crippen molar-refractivity contribution in [2.45, 2.75) is 19.9 Å². The molecule has 0 aliphatic carbocycles. The Labute approximate surface area is 143 Å². The molecule has 0 radical (unpaired) electrons. The highest BCUT2D eigenvalue weighted by Crippen LogP contribution is 2.17. The Morgan fingerprint density at radius 2 is 1.58 bits per heavy atom. The summed E-state index contributed by atoms with van der Waals surface area (Å²) >= 11 is 0. The lowest BCUT2D eigenvalue weighted by molar-refractivity contribution is 0.0963. The molecule has 0 heterocycles. The van der Waals surface area contributed by atoms with Crippen LogP contribution in [0.5, 0.6) is 0 Å². The molecule has 2 heteroatoms. The number of hydrogen-bond acceptors (Lipinski definition) is 2. The van der Waals surface area contributed by atoms with E-state index in [1.165, 1.54) is 10.9 Å². The van der Waals surface area contributed by atoms with Gasteiger partial charge in [-0.25, -0.2) is 0 Å². The highest BCUT2D eigenvalue weighted by Gasteiger charge is 2.10. The highest BCUT2D eigenvalue weighted by atomic mass is 16.1. The first kappa shape index (κ1) is 16.4. The summed E-state index contributed by atoms with van der Waals surface area (Å²) in [4.78, 5) is 14.8. The van der Waals surface area contributed by atoms with Crippen LogP contribution in [0.2, 0.25) is 0 Å². The topological polar surface area (TPSA) is 20.3 Å². The van der Waals surface area contributed by atoms with Crippen LogP contribution in [0.4, 0.5) is 0 Å². The molecule has 0 fully saturated rings. The van der Waals surface area contributed by atoms with Gasteiger partial charge in [0.15, 0.2) is 5.78 Å². The number of fused-ring (bicyclic) bond motifs is 1. The largest absolute Gasteiger partial charge is 0.299 e. The van der Waals surface area contributed by atoms with Crippen LogP contribution < -0.4 is 0 Å². The van der Waals surface area contributed by atoms with E-state index in [1.807, 2.05) is 36.4 Å². The Hall–Kier alpha value is -2.45. The summed E-state index contributed by atoms with van der Waals surface area (Å²) in [6.45, 7) is 4.77. The molecule has 0 spiro atoms.